The van der Waals surface area contributed by atoms with Gasteiger partial charge < -0.3 is 22.0 Å². The first kappa shape index (κ1) is 26.7. The molecule has 0 fully saturated rings. The van der Waals surface area contributed by atoms with Crippen molar-refractivity contribution in [2.45, 2.75) is 19.4 Å². The lowest BCUT2D eigenvalue weighted by atomic mass is 9.99. The number of benzene rings is 3. The second kappa shape index (κ2) is 12.7. The molecule has 3 aromatic carbocycles. The van der Waals surface area contributed by atoms with Crippen molar-refractivity contribution in [2.24, 2.45) is 0 Å². The Morgan fingerprint density at radius 2 is 1.08 bits per heavy atom. The molecule has 0 amide bonds. The van der Waals surface area contributed by atoms with Gasteiger partial charge in [-0.3, -0.25) is 4.79 Å². The fraction of sp³-hybridized carbons (Fsp3) is 0.143. The lowest BCUT2D eigenvalue weighted by molar-refractivity contribution is -0.675. The van der Waals surface area contributed by atoms with Crippen molar-refractivity contribution < 1.29 is 31.4 Å². The third-order valence-corrected chi connectivity index (χ3v) is 5.40. The van der Waals surface area contributed by atoms with E-state index in [0.717, 1.165) is 29.1 Å². The molecule has 0 atom stereocenters. The molecule has 8 heteroatoms. The number of ether oxygens (including phenoxy) is 1. The number of carbonyl (C=O) groups is 1. The van der Waals surface area contributed by atoms with Gasteiger partial charge in [-0.05, 0) is 35.4 Å². The van der Waals surface area contributed by atoms with E-state index in [0.29, 0.717) is 12.8 Å². The molecule has 0 unspecified atom stereocenters. The van der Waals surface area contributed by atoms with Gasteiger partial charge in [0.1, 0.15) is 6.54 Å². The van der Waals surface area contributed by atoms with Gasteiger partial charge in [0, 0.05) is 29.7 Å². The van der Waals surface area contributed by atoms with Crippen LogP contribution in [0.1, 0.15) is 12.8 Å². The molecular formula is C28H26BF4NO2. The number of rotatable bonds is 7. The first-order valence-corrected chi connectivity index (χ1v) is 11.4. The summed E-state index contributed by atoms with van der Waals surface area (Å²) in [6, 6.07) is 35.8. The van der Waals surface area contributed by atoms with E-state index in [1.54, 1.807) is 0 Å². The van der Waals surface area contributed by atoms with Crippen molar-refractivity contribution >= 4 is 13.2 Å². The molecule has 0 aliphatic heterocycles. The van der Waals surface area contributed by atoms with E-state index in [4.69, 9.17) is 4.74 Å². The summed E-state index contributed by atoms with van der Waals surface area (Å²) in [5, 5.41) is 0. The highest BCUT2D eigenvalue weighted by Crippen LogP contribution is 2.29. The third-order valence-electron chi connectivity index (χ3n) is 5.40. The predicted molar refractivity (Wildman–Crippen MR) is 134 cm³/mol. The van der Waals surface area contributed by atoms with Crippen molar-refractivity contribution in [2.75, 3.05) is 7.11 Å². The SMILES string of the molecule is COC(=O)CCC[n+]1c(-c2ccccc2)cc(-c2ccccc2)cc1-c1ccccc1.F[B-](F)(F)F. The molecule has 0 spiro atoms. The number of nitrogens with zero attached hydrogens (tertiary/aromatic N) is 1. The van der Waals surface area contributed by atoms with E-state index in [9.17, 15) is 22.1 Å². The molecule has 0 bridgehead atoms. The molecule has 1 aromatic heterocycles. The summed E-state index contributed by atoms with van der Waals surface area (Å²) in [5.74, 6) is -0.177. The maximum absolute atomic E-state index is 11.7. The van der Waals surface area contributed by atoms with Gasteiger partial charge in [0.2, 0.25) is 11.4 Å². The quantitative estimate of drug-likeness (QED) is 0.117. The van der Waals surface area contributed by atoms with Gasteiger partial charge in [-0.2, -0.15) is 4.57 Å². The number of carbonyl (C=O) groups excluding carboxylic acids is 1. The van der Waals surface area contributed by atoms with E-state index < -0.39 is 7.25 Å². The van der Waals surface area contributed by atoms with Gasteiger partial charge in [0.15, 0.2) is 0 Å². The molecular weight excluding hydrogens is 469 g/mol. The highest BCUT2D eigenvalue weighted by molar-refractivity contribution is 6.50. The minimum Gasteiger partial charge on any atom is -0.469 e. The minimum atomic E-state index is -6.00. The van der Waals surface area contributed by atoms with Gasteiger partial charge in [-0.1, -0.05) is 66.7 Å². The normalized spacial score (nSPS) is 10.8. The lowest BCUT2D eigenvalue weighted by Crippen LogP contribution is -2.39. The lowest BCUT2D eigenvalue weighted by Gasteiger charge is -2.13. The van der Waals surface area contributed by atoms with Crippen LogP contribution in [-0.4, -0.2) is 20.3 Å². The van der Waals surface area contributed by atoms with E-state index in [2.05, 4.69) is 89.5 Å². The van der Waals surface area contributed by atoms with Crippen LogP contribution in [0, 0.1) is 0 Å². The maximum atomic E-state index is 11.7. The summed E-state index contributed by atoms with van der Waals surface area (Å²) in [7, 11) is -4.56. The molecule has 0 N–H and O–H groups in total. The Labute approximate surface area is 208 Å². The molecule has 0 aliphatic rings. The summed E-state index contributed by atoms with van der Waals surface area (Å²) in [5.41, 5.74) is 6.91. The Balaban J connectivity index is 0.000000658. The van der Waals surface area contributed by atoms with Crippen LogP contribution in [0.2, 0.25) is 0 Å². The number of methoxy groups -OCH3 is 1. The Bertz CT molecular complexity index is 1180. The Morgan fingerprint density at radius 3 is 1.47 bits per heavy atom. The number of hydrogen-bond acceptors (Lipinski definition) is 2. The van der Waals surface area contributed by atoms with Crippen LogP contribution in [0.15, 0.2) is 103 Å². The van der Waals surface area contributed by atoms with Gasteiger partial charge in [0.25, 0.3) is 0 Å². The molecule has 1 heterocycles. The zero-order valence-electron chi connectivity index (χ0n) is 19.8. The predicted octanol–water partition coefficient (Wildman–Crippen LogP) is 7.23. The highest BCUT2D eigenvalue weighted by atomic mass is 19.5. The molecule has 0 saturated carbocycles. The molecule has 36 heavy (non-hydrogen) atoms. The van der Waals surface area contributed by atoms with Crippen LogP contribution in [0.4, 0.5) is 17.3 Å². The standard InChI is InChI=1S/C28H26NO2.BF4/c1-31-28(30)18-11-19-29-26(23-14-7-3-8-15-23)20-25(22-12-5-2-6-13-22)21-27(29)24-16-9-4-10-17-24;2-1(3,4)5/h2-10,12-17,20-21H,11,18-19H2,1H3;/q+1;-1. The molecule has 4 aromatic rings. The van der Waals surface area contributed by atoms with Crippen LogP contribution < -0.4 is 4.57 Å². The van der Waals surface area contributed by atoms with Gasteiger partial charge in [-0.25, -0.2) is 0 Å². The number of hydrogen-bond donors (Lipinski definition) is 0. The van der Waals surface area contributed by atoms with Crippen molar-refractivity contribution in [3.05, 3.63) is 103 Å². The third kappa shape index (κ3) is 8.08. The summed E-state index contributed by atoms with van der Waals surface area (Å²) < 4.78 is 46.2. The monoisotopic (exact) mass is 495 g/mol. The highest BCUT2D eigenvalue weighted by Gasteiger charge is 2.23. The van der Waals surface area contributed by atoms with Crippen molar-refractivity contribution in [1.29, 1.82) is 0 Å². The fourth-order valence-electron chi connectivity index (χ4n) is 3.84. The zero-order valence-corrected chi connectivity index (χ0v) is 19.8. The molecule has 0 aliphatic carbocycles. The van der Waals surface area contributed by atoms with Crippen molar-refractivity contribution in [3.63, 3.8) is 0 Å². The van der Waals surface area contributed by atoms with Crippen LogP contribution in [0.5, 0.6) is 0 Å². The Hall–Kier alpha value is -3.94. The second-order valence-corrected chi connectivity index (χ2v) is 7.94. The molecule has 186 valence electrons. The largest absolute Gasteiger partial charge is 0.673 e. The summed E-state index contributed by atoms with van der Waals surface area (Å²) in [4.78, 5) is 11.7. The molecule has 0 saturated heterocycles. The van der Waals surface area contributed by atoms with Gasteiger partial charge in [-0.15, -0.1) is 0 Å². The van der Waals surface area contributed by atoms with Crippen LogP contribution >= 0.6 is 0 Å². The van der Waals surface area contributed by atoms with E-state index in [1.165, 1.54) is 18.2 Å². The van der Waals surface area contributed by atoms with E-state index in [-0.39, 0.29) is 5.97 Å². The molecule has 0 radical (unpaired) electrons. The smallest absolute Gasteiger partial charge is 0.469 e. The number of aromatic nitrogens is 1. The first-order chi connectivity index (χ1) is 17.3. The van der Waals surface area contributed by atoms with Crippen LogP contribution in [0.3, 0.4) is 0 Å². The van der Waals surface area contributed by atoms with E-state index >= 15 is 0 Å². The van der Waals surface area contributed by atoms with E-state index in [1.807, 2.05) is 18.2 Å². The summed E-state index contributed by atoms with van der Waals surface area (Å²) >= 11 is 0. The second-order valence-electron chi connectivity index (χ2n) is 7.94. The zero-order chi connectivity index (χ0) is 26.0. The minimum absolute atomic E-state index is 0.177. The average molecular weight is 495 g/mol. The molecule has 3 nitrogen and oxygen atoms in total. The number of halogens is 4. The maximum Gasteiger partial charge on any atom is 0.673 e. The van der Waals surface area contributed by atoms with Gasteiger partial charge in [0.05, 0.1) is 13.5 Å². The Morgan fingerprint density at radius 1 is 0.694 bits per heavy atom. The Kier molecular flexibility index (Phi) is 9.39. The van der Waals surface area contributed by atoms with Crippen LogP contribution in [0.25, 0.3) is 33.6 Å². The van der Waals surface area contributed by atoms with Crippen LogP contribution in [-0.2, 0) is 16.1 Å². The van der Waals surface area contributed by atoms with Crippen molar-refractivity contribution in [3.8, 4) is 33.6 Å². The summed E-state index contributed by atoms with van der Waals surface area (Å²) in [6.07, 6.45) is 1.11. The first-order valence-electron chi connectivity index (χ1n) is 11.4. The average Bonchev–Trinajstić information content (AvgIpc) is 2.89. The fourth-order valence-corrected chi connectivity index (χ4v) is 3.84. The topological polar surface area (TPSA) is 30.2 Å². The number of esters is 1. The summed E-state index contributed by atoms with van der Waals surface area (Å²) in [6.45, 7) is 0.721. The van der Waals surface area contributed by atoms with Gasteiger partial charge >= 0.3 is 13.2 Å². The number of pyridine rings is 1. The molecule has 4 rings (SSSR count). The van der Waals surface area contributed by atoms with Crippen molar-refractivity contribution in [1.82, 2.24) is 0 Å².